The maximum Gasteiger partial charge on any atom is 0.324 e. The molecule has 1 N–H and O–H groups in total. The van der Waals surface area contributed by atoms with E-state index in [1.165, 1.54) is 13.0 Å². The molecule has 0 fully saturated rings. The Morgan fingerprint density at radius 2 is 1.95 bits per heavy atom. The van der Waals surface area contributed by atoms with E-state index in [1.54, 1.807) is 20.8 Å². The number of hydrogen-bond donors (Lipinski definition) is 1. The summed E-state index contributed by atoms with van der Waals surface area (Å²) in [6.45, 7) is 6.34. The molecule has 0 heterocycles. The van der Waals surface area contributed by atoms with Crippen LogP contribution in [0.5, 0.6) is 0 Å². The zero-order valence-corrected chi connectivity index (χ0v) is 14.5. The van der Waals surface area contributed by atoms with Gasteiger partial charge in [0, 0.05) is 4.47 Å². The summed E-state index contributed by atoms with van der Waals surface area (Å²) in [6.07, 6.45) is 0. The van der Waals surface area contributed by atoms with Gasteiger partial charge in [0.2, 0.25) is 10.0 Å². The van der Waals surface area contributed by atoms with Crippen LogP contribution < -0.4 is 4.72 Å². The minimum absolute atomic E-state index is 0.416. The van der Waals surface area contributed by atoms with E-state index >= 15 is 0 Å². The van der Waals surface area contributed by atoms with Crippen LogP contribution in [0.2, 0.25) is 0 Å². The molecule has 8 heteroatoms. The monoisotopic (exact) mass is 381 g/mol. The molecule has 1 atom stereocenters. The van der Waals surface area contributed by atoms with Crippen LogP contribution in [-0.4, -0.2) is 26.0 Å². The fraction of sp³-hybridized carbons (Fsp3) is 0.462. The van der Waals surface area contributed by atoms with Gasteiger partial charge in [0.15, 0.2) is 0 Å². The van der Waals surface area contributed by atoms with Crippen molar-refractivity contribution in [2.45, 2.75) is 44.2 Å². The molecule has 0 saturated carbocycles. The van der Waals surface area contributed by atoms with Crippen molar-refractivity contribution in [3.05, 3.63) is 28.5 Å². The van der Waals surface area contributed by atoms with Crippen LogP contribution in [0.15, 0.2) is 27.6 Å². The molecule has 118 valence electrons. The lowest BCUT2D eigenvalue weighted by molar-refractivity contribution is -0.156. The Kier molecular flexibility index (Phi) is 5.51. The third-order valence-electron chi connectivity index (χ3n) is 2.28. The SMILES string of the molecule is C[C@@H](NS(=O)(=O)c1ccc(Br)cc1F)C(=O)OC(C)(C)C. The number of nitrogens with one attached hydrogen (secondary N) is 1. The zero-order valence-electron chi connectivity index (χ0n) is 12.1. The van der Waals surface area contributed by atoms with Crippen LogP contribution in [0.4, 0.5) is 4.39 Å². The second-order valence-corrected chi connectivity index (χ2v) is 8.05. The van der Waals surface area contributed by atoms with Crippen molar-refractivity contribution in [1.82, 2.24) is 4.72 Å². The van der Waals surface area contributed by atoms with Crippen molar-refractivity contribution < 1.29 is 22.3 Å². The summed E-state index contributed by atoms with van der Waals surface area (Å²) in [5.74, 6) is -1.64. The molecule has 0 amide bonds. The molecule has 0 aliphatic rings. The normalized spacial score (nSPS) is 13.8. The van der Waals surface area contributed by atoms with Gasteiger partial charge in [0.25, 0.3) is 0 Å². The molecule has 0 aliphatic heterocycles. The van der Waals surface area contributed by atoms with E-state index in [-0.39, 0.29) is 0 Å². The molecule has 0 saturated heterocycles. The van der Waals surface area contributed by atoms with Crippen LogP contribution >= 0.6 is 15.9 Å². The molecule has 0 bridgehead atoms. The fourth-order valence-electron chi connectivity index (χ4n) is 1.43. The maximum absolute atomic E-state index is 13.7. The largest absolute Gasteiger partial charge is 0.459 e. The van der Waals surface area contributed by atoms with Crippen LogP contribution in [-0.2, 0) is 19.6 Å². The molecule has 5 nitrogen and oxygen atoms in total. The van der Waals surface area contributed by atoms with Gasteiger partial charge in [0.1, 0.15) is 22.4 Å². The quantitative estimate of drug-likeness (QED) is 0.813. The minimum Gasteiger partial charge on any atom is -0.459 e. The highest BCUT2D eigenvalue weighted by molar-refractivity contribution is 9.10. The lowest BCUT2D eigenvalue weighted by Crippen LogP contribution is -2.42. The molecule has 0 spiro atoms. The molecule has 0 radical (unpaired) electrons. The number of esters is 1. The van der Waals surface area contributed by atoms with Gasteiger partial charge >= 0.3 is 5.97 Å². The summed E-state index contributed by atoms with van der Waals surface area (Å²) in [6, 6.07) is 2.42. The summed E-state index contributed by atoms with van der Waals surface area (Å²) >= 11 is 3.04. The lowest BCUT2D eigenvalue weighted by Gasteiger charge is -2.22. The number of halogens is 2. The molecular weight excluding hydrogens is 365 g/mol. The van der Waals surface area contributed by atoms with Gasteiger partial charge in [-0.2, -0.15) is 4.72 Å². The van der Waals surface area contributed by atoms with Crippen molar-refractivity contribution in [2.24, 2.45) is 0 Å². The Bertz CT molecular complexity index is 640. The Morgan fingerprint density at radius 1 is 1.38 bits per heavy atom. The first kappa shape index (κ1) is 18.1. The highest BCUT2D eigenvalue weighted by atomic mass is 79.9. The molecule has 1 aromatic rings. The summed E-state index contributed by atoms with van der Waals surface area (Å²) < 4.78 is 45.4. The van der Waals surface area contributed by atoms with E-state index in [9.17, 15) is 17.6 Å². The number of rotatable bonds is 4. The summed E-state index contributed by atoms with van der Waals surface area (Å²) in [5.41, 5.74) is -0.736. The zero-order chi connectivity index (χ0) is 16.4. The topological polar surface area (TPSA) is 72.5 Å². The van der Waals surface area contributed by atoms with Crippen molar-refractivity contribution in [2.75, 3.05) is 0 Å². The number of benzene rings is 1. The van der Waals surface area contributed by atoms with Gasteiger partial charge in [0.05, 0.1) is 0 Å². The number of sulfonamides is 1. The number of ether oxygens (including phenoxy) is 1. The van der Waals surface area contributed by atoms with Gasteiger partial charge in [-0.25, -0.2) is 12.8 Å². The van der Waals surface area contributed by atoms with E-state index in [2.05, 4.69) is 20.7 Å². The second kappa shape index (κ2) is 6.41. The second-order valence-electron chi connectivity index (χ2n) is 5.45. The molecule has 1 rings (SSSR count). The fourth-order valence-corrected chi connectivity index (χ4v) is 3.01. The van der Waals surface area contributed by atoms with Crippen molar-refractivity contribution >= 4 is 31.9 Å². The van der Waals surface area contributed by atoms with Crippen LogP contribution in [0, 0.1) is 5.82 Å². The molecule has 0 unspecified atom stereocenters. The van der Waals surface area contributed by atoms with Crippen LogP contribution in [0.1, 0.15) is 27.7 Å². The molecule has 0 aromatic heterocycles. The van der Waals surface area contributed by atoms with Gasteiger partial charge in [-0.15, -0.1) is 0 Å². The van der Waals surface area contributed by atoms with E-state index in [1.807, 2.05) is 0 Å². The minimum atomic E-state index is -4.15. The highest BCUT2D eigenvalue weighted by Crippen LogP contribution is 2.19. The van der Waals surface area contributed by atoms with Crippen LogP contribution in [0.3, 0.4) is 0 Å². The first-order chi connectivity index (χ1) is 9.42. The number of hydrogen-bond acceptors (Lipinski definition) is 4. The van der Waals surface area contributed by atoms with Crippen molar-refractivity contribution in [3.8, 4) is 0 Å². The Hall–Kier alpha value is -0.990. The van der Waals surface area contributed by atoms with E-state index < -0.39 is 38.3 Å². The standard InChI is InChI=1S/C13H17BrFNO4S/c1-8(12(17)20-13(2,3)4)16-21(18,19)11-6-5-9(14)7-10(11)15/h5-8,16H,1-4H3/t8-/m1/s1. The average Bonchev–Trinajstić information content (AvgIpc) is 2.24. The third kappa shape index (κ3) is 5.37. The van der Waals surface area contributed by atoms with Crippen LogP contribution in [0.25, 0.3) is 0 Å². The summed E-state index contributed by atoms with van der Waals surface area (Å²) in [7, 11) is -4.15. The molecule has 21 heavy (non-hydrogen) atoms. The van der Waals surface area contributed by atoms with E-state index in [4.69, 9.17) is 4.74 Å². The van der Waals surface area contributed by atoms with Gasteiger partial charge in [-0.05, 0) is 45.9 Å². The first-order valence-corrected chi connectivity index (χ1v) is 8.40. The summed E-state index contributed by atoms with van der Waals surface area (Å²) in [4.78, 5) is 11.2. The summed E-state index contributed by atoms with van der Waals surface area (Å²) in [5, 5.41) is 0. The third-order valence-corrected chi connectivity index (χ3v) is 4.34. The smallest absolute Gasteiger partial charge is 0.324 e. The Balaban J connectivity index is 2.92. The van der Waals surface area contributed by atoms with E-state index in [0.717, 1.165) is 12.1 Å². The predicted octanol–water partition coefficient (Wildman–Crippen LogP) is 2.60. The lowest BCUT2D eigenvalue weighted by atomic mass is 10.2. The highest BCUT2D eigenvalue weighted by Gasteiger charge is 2.28. The molecule has 0 aliphatic carbocycles. The number of carbonyl (C=O) groups excluding carboxylic acids is 1. The van der Waals surface area contributed by atoms with Gasteiger partial charge in [-0.3, -0.25) is 4.79 Å². The Morgan fingerprint density at radius 3 is 2.43 bits per heavy atom. The van der Waals surface area contributed by atoms with E-state index in [0.29, 0.717) is 4.47 Å². The first-order valence-electron chi connectivity index (χ1n) is 6.12. The van der Waals surface area contributed by atoms with Crippen molar-refractivity contribution in [1.29, 1.82) is 0 Å². The predicted molar refractivity (Wildman–Crippen MR) is 79.7 cm³/mol. The van der Waals surface area contributed by atoms with Crippen molar-refractivity contribution in [3.63, 3.8) is 0 Å². The molecular formula is C13H17BrFNO4S. The molecule has 1 aromatic carbocycles. The Labute approximate surface area is 132 Å². The van der Waals surface area contributed by atoms with Gasteiger partial charge in [-0.1, -0.05) is 15.9 Å². The average molecular weight is 382 g/mol. The maximum atomic E-state index is 13.7. The number of carbonyl (C=O) groups is 1. The van der Waals surface area contributed by atoms with Gasteiger partial charge < -0.3 is 4.74 Å².